The minimum atomic E-state index is -0.0854. The van der Waals surface area contributed by atoms with Gasteiger partial charge < -0.3 is 15.0 Å². The summed E-state index contributed by atoms with van der Waals surface area (Å²) < 4.78 is 5.54. The van der Waals surface area contributed by atoms with Gasteiger partial charge in [-0.3, -0.25) is 9.79 Å². The molecule has 2 fully saturated rings. The maximum atomic E-state index is 12.0. The van der Waals surface area contributed by atoms with Gasteiger partial charge in [-0.05, 0) is 48.4 Å². The minimum absolute atomic E-state index is 0.0854. The molecule has 0 spiro atoms. The number of rotatable bonds is 4. The van der Waals surface area contributed by atoms with E-state index in [1.165, 1.54) is 11.8 Å². The predicted octanol–water partition coefficient (Wildman–Crippen LogP) is 2.49. The summed E-state index contributed by atoms with van der Waals surface area (Å²) in [6.07, 6.45) is 4.25. The molecule has 6 heteroatoms. The van der Waals surface area contributed by atoms with Gasteiger partial charge in [0.1, 0.15) is 0 Å². The number of thioether (sulfide) groups is 1. The van der Waals surface area contributed by atoms with Gasteiger partial charge in [-0.25, -0.2) is 0 Å². The van der Waals surface area contributed by atoms with Crippen molar-refractivity contribution < 1.29 is 9.53 Å². The first-order chi connectivity index (χ1) is 11.1. The van der Waals surface area contributed by atoms with E-state index in [2.05, 4.69) is 10.3 Å². The van der Waals surface area contributed by atoms with E-state index in [4.69, 9.17) is 4.74 Å². The lowest BCUT2D eigenvalue weighted by atomic mass is 10.2. The number of carbonyl (C=O) groups is 1. The molecule has 0 aromatic heterocycles. The van der Waals surface area contributed by atoms with Crippen LogP contribution in [0.5, 0.6) is 0 Å². The van der Waals surface area contributed by atoms with Crippen molar-refractivity contribution in [2.45, 2.75) is 18.9 Å². The van der Waals surface area contributed by atoms with E-state index in [0.717, 1.165) is 30.7 Å². The zero-order valence-electron chi connectivity index (χ0n) is 13.4. The number of carbonyl (C=O) groups excluding carboxylic acids is 1. The van der Waals surface area contributed by atoms with Crippen molar-refractivity contribution in [3.05, 3.63) is 34.7 Å². The summed E-state index contributed by atoms with van der Waals surface area (Å²) in [4.78, 5) is 19.2. The quantitative estimate of drug-likeness (QED) is 0.861. The second-order valence-corrected chi connectivity index (χ2v) is 6.86. The van der Waals surface area contributed by atoms with Crippen molar-refractivity contribution in [2.75, 3.05) is 32.1 Å². The molecule has 2 saturated heterocycles. The topological polar surface area (TPSA) is 53.9 Å². The first-order valence-electron chi connectivity index (χ1n) is 7.76. The molecule has 0 radical (unpaired) electrons. The molecule has 0 unspecified atom stereocenters. The van der Waals surface area contributed by atoms with Gasteiger partial charge in [0.2, 0.25) is 0 Å². The molecule has 5 nitrogen and oxygen atoms in total. The van der Waals surface area contributed by atoms with Crippen molar-refractivity contribution >= 4 is 34.6 Å². The highest BCUT2D eigenvalue weighted by Gasteiger charge is 2.24. The summed E-state index contributed by atoms with van der Waals surface area (Å²) in [6, 6.07) is 8.10. The van der Waals surface area contributed by atoms with E-state index in [9.17, 15) is 4.79 Å². The molecular formula is C17H21N3O2S. The highest BCUT2D eigenvalue weighted by Crippen LogP contribution is 2.27. The number of hydrogen-bond acceptors (Lipinski definition) is 5. The molecule has 2 heterocycles. The fraction of sp³-hybridized carbons (Fsp3) is 0.412. The monoisotopic (exact) mass is 331 g/mol. The van der Waals surface area contributed by atoms with Gasteiger partial charge in [0.15, 0.2) is 5.17 Å². The smallest absolute Gasteiger partial charge is 0.264 e. The normalized spacial score (nSPS) is 24.4. The average molecular weight is 331 g/mol. The minimum Gasteiger partial charge on any atom is -0.378 e. The lowest BCUT2D eigenvalue weighted by Gasteiger charge is -2.11. The molecule has 0 aliphatic carbocycles. The Kier molecular flexibility index (Phi) is 5.03. The summed E-state index contributed by atoms with van der Waals surface area (Å²) in [7, 11) is 4.01. The van der Waals surface area contributed by atoms with Crippen LogP contribution in [0.25, 0.3) is 6.08 Å². The fourth-order valence-corrected chi connectivity index (χ4v) is 3.32. The summed E-state index contributed by atoms with van der Waals surface area (Å²) in [5.74, 6) is -0.0854. The van der Waals surface area contributed by atoms with E-state index in [0.29, 0.717) is 16.6 Å². The molecule has 1 aromatic rings. The number of anilines is 1. The molecule has 3 rings (SSSR count). The molecule has 2 aliphatic heterocycles. The van der Waals surface area contributed by atoms with Crippen molar-refractivity contribution in [2.24, 2.45) is 4.99 Å². The summed E-state index contributed by atoms with van der Waals surface area (Å²) in [6.45, 7) is 1.44. The summed E-state index contributed by atoms with van der Waals surface area (Å²) in [5.41, 5.74) is 2.14. The molecule has 1 N–H and O–H groups in total. The number of benzene rings is 1. The van der Waals surface area contributed by atoms with Crippen molar-refractivity contribution in [3.63, 3.8) is 0 Å². The van der Waals surface area contributed by atoms with Crippen LogP contribution >= 0.6 is 11.8 Å². The van der Waals surface area contributed by atoms with Crippen LogP contribution in [0, 0.1) is 0 Å². The zero-order valence-corrected chi connectivity index (χ0v) is 14.2. The highest BCUT2D eigenvalue weighted by molar-refractivity contribution is 8.18. The Balaban J connectivity index is 1.65. The standard InChI is InChI=1S/C17H21N3O2S/c1-20(2)13-7-5-12(6-8-13)10-15-16(21)19-17(23-15)18-11-14-4-3-9-22-14/h5-8,10,14H,3-4,9,11H2,1-2H3,(H,18,19,21)/b15-10-/t14-/m1/s1. The van der Waals surface area contributed by atoms with Crippen LogP contribution < -0.4 is 10.2 Å². The van der Waals surface area contributed by atoms with Gasteiger partial charge >= 0.3 is 0 Å². The summed E-state index contributed by atoms with van der Waals surface area (Å²) in [5, 5.41) is 3.49. The van der Waals surface area contributed by atoms with Crippen LogP contribution in [-0.4, -0.2) is 44.4 Å². The Morgan fingerprint density at radius 1 is 1.39 bits per heavy atom. The number of nitrogens with zero attached hydrogens (tertiary/aromatic N) is 2. The van der Waals surface area contributed by atoms with E-state index in [1.807, 2.05) is 49.3 Å². The lowest BCUT2D eigenvalue weighted by molar-refractivity contribution is -0.115. The number of ether oxygens (including phenoxy) is 1. The van der Waals surface area contributed by atoms with Gasteiger partial charge in [-0.15, -0.1) is 0 Å². The Bertz CT molecular complexity index is 632. The third kappa shape index (κ3) is 4.14. The van der Waals surface area contributed by atoms with E-state index < -0.39 is 0 Å². The van der Waals surface area contributed by atoms with Crippen LogP contribution in [0.3, 0.4) is 0 Å². The lowest BCUT2D eigenvalue weighted by Crippen LogP contribution is -2.21. The molecule has 122 valence electrons. The number of amidine groups is 1. The molecule has 2 aliphatic rings. The Hall–Kier alpha value is -1.79. The van der Waals surface area contributed by atoms with Gasteiger partial charge in [-0.1, -0.05) is 12.1 Å². The molecule has 1 aromatic carbocycles. The Morgan fingerprint density at radius 3 is 2.83 bits per heavy atom. The van der Waals surface area contributed by atoms with Crippen molar-refractivity contribution in [1.82, 2.24) is 5.32 Å². The van der Waals surface area contributed by atoms with Crippen LogP contribution in [0.4, 0.5) is 5.69 Å². The second-order valence-electron chi connectivity index (χ2n) is 5.83. The predicted molar refractivity (Wildman–Crippen MR) is 95.8 cm³/mol. The zero-order chi connectivity index (χ0) is 16.2. The van der Waals surface area contributed by atoms with Crippen LogP contribution in [0.15, 0.2) is 34.2 Å². The van der Waals surface area contributed by atoms with E-state index >= 15 is 0 Å². The van der Waals surface area contributed by atoms with E-state index in [1.54, 1.807) is 0 Å². The van der Waals surface area contributed by atoms with Crippen LogP contribution in [-0.2, 0) is 9.53 Å². The third-order valence-corrected chi connectivity index (χ3v) is 4.77. The number of amides is 1. The second kappa shape index (κ2) is 7.19. The summed E-state index contributed by atoms with van der Waals surface area (Å²) >= 11 is 1.39. The van der Waals surface area contributed by atoms with Gasteiger partial charge in [0, 0.05) is 26.4 Å². The Labute approximate surface area is 140 Å². The fourth-order valence-electron chi connectivity index (χ4n) is 2.49. The maximum Gasteiger partial charge on any atom is 0.264 e. The number of hydrogen-bond donors (Lipinski definition) is 1. The molecule has 23 heavy (non-hydrogen) atoms. The van der Waals surface area contributed by atoms with Gasteiger partial charge in [0.25, 0.3) is 5.91 Å². The SMILES string of the molecule is CN(C)c1ccc(/C=C2\SC(=NC[C@H]3CCCO3)NC2=O)cc1. The molecule has 1 atom stereocenters. The molecule has 0 bridgehead atoms. The van der Waals surface area contributed by atoms with Crippen molar-refractivity contribution in [1.29, 1.82) is 0 Å². The average Bonchev–Trinajstić information content (AvgIpc) is 3.16. The Morgan fingerprint density at radius 2 is 2.17 bits per heavy atom. The first kappa shape index (κ1) is 16.1. The van der Waals surface area contributed by atoms with E-state index in [-0.39, 0.29) is 12.0 Å². The number of nitrogens with one attached hydrogen (secondary N) is 1. The largest absolute Gasteiger partial charge is 0.378 e. The number of aliphatic imine (C=N–C) groups is 1. The highest BCUT2D eigenvalue weighted by atomic mass is 32.2. The first-order valence-corrected chi connectivity index (χ1v) is 8.58. The van der Waals surface area contributed by atoms with Crippen LogP contribution in [0.1, 0.15) is 18.4 Å². The molecule has 0 saturated carbocycles. The molecule has 1 amide bonds. The van der Waals surface area contributed by atoms with Gasteiger partial charge in [-0.2, -0.15) is 0 Å². The van der Waals surface area contributed by atoms with Gasteiger partial charge in [0.05, 0.1) is 17.6 Å². The maximum absolute atomic E-state index is 12.0. The molecular weight excluding hydrogens is 310 g/mol. The van der Waals surface area contributed by atoms with Crippen LogP contribution in [0.2, 0.25) is 0 Å². The van der Waals surface area contributed by atoms with Crippen molar-refractivity contribution in [3.8, 4) is 0 Å². The third-order valence-electron chi connectivity index (χ3n) is 3.82.